The molecule has 0 rings (SSSR count). The first-order valence-corrected chi connectivity index (χ1v) is 2.54. The molecule has 0 aliphatic heterocycles. The second kappa shape index (κ2) is 6.94. The maximum Gasteiger partial charge on any atom is 0.325 e. The summed E-state index contributed by atoms with van der Waals surface area (Å²) >= 11 is 0. The van der Waals surface area contributed by atoms with Crippen LogP contribution in [0.4, 0.5) is 0 Å². The molecule has 0 saturated carbocycles. The number of nitrogens with one attached hydrogen (secondary N) is 1. The van der Waals surface area contributed by atoms with Gasteiger partial charge in [0.1, 0.15) is 6.54 Å². The topological polar surface area (TPSA) is 103 Å². The van der Waals surface area contributed by atoms with Gasteiger partial charge in [-0.25, -0.2) is 0 Å². The predicted molar refractivity (Wildman–Crippen MR) is 43.1 cm³/mol. The van der Waals surface area contributed by atoms with Crippen molar-refractivity contribution in [1.29, 1.82) is 0 Å². The van der Waals surface area contributed by atoms with Crippen molar-refractivity contribution in [1.82, 2.24) is 5.32 Å². The van der Waals surface area contributed by atoms with Gasteiger partial charge in [-0.15, -0.1) is 17.5 Å². The molecular formula is C4H11ClN4O2. The lowest BCUT2D eigenvalue weighted by atomic mass is 10.6. The Hall–Kier alpha value is -1.17. The van der Waals surface area contributed by atoms with E-state index in [0.29, 0.717) is 0 Å². The summed E-state index contributed by atoms with van der Waals surface area (Å²) in [4.78, 5) is 10.4. The zero-order valence-electron chi connectivity index (χ0n) is 6.03. The molecule has 7 heteroatoms. The molecule has 0 heterocycles. The molecule has 0 aromatic rings. The first-order chi connectivity index (χ1) is 4.70. The van der Waals surface area contributed by atoms with Crippen molar-refractivity contribution in [2.24, 2.45) is 16.7 Å². The normalized spacial score (nSPS) is 9.73. The van der Waals surface area contributed by atoms with Gasteiger partial charge in [-0.2, -0.15) is 0 Å². The fourth-order valence-corrected chi connectivity index (χ4v) is 0.281. The molecule has 0 aromatic heterocycles. The average Bonchev–Trinajstić information content (AvgIpc) is 1.99. The van der Waals surface area contributed by atoms with E-state index in [0.717, 1.165) is 0 Å². The lowest BCUT2D eigenvalue weighted by Crippen LogP contribution is -2.36. The molecule has 66 valence electrons. The molecule has 0 atom stereocenters. The second-order valence-electron chi connectivity index (χ2n) is 1.44. The molecule has 0 radical (unpaired) electrons. The molecule has 0 aromatic carbocycles. The first kappa shape index (κ1) is 12.5. The highest BCUT2D eigenvalue weighted by molar-refractivity contribution is 5.85. The minimum absolute atomic E-state index is 0. The summed E-state index contributed by atoms with van der Waals surface area (Å²) < 4.78 is 4.29. The summed E-state index contributed by atoms with van der Waals surface area (Å²) in [6, 6.07) is 0. The van der Waals surface area contributed by atoms with E-state index in [4.69, 9.17) is 11.6 Å². The summed E-state index contributed by atoms with van der Waals surface area (Å²) in [6.07, 6.45) is 0. The van der Waals surface area contributed by atoms with Gasteiger partial charge in [-0.3, -0.25) is 4.79 Å². The van der Waals surface area contributed by atoms with Crippen LogP contribution in [0.2, 0.25) is 0 Å². The van der Waals surface area contributed by atoms with Crippen LogP contribution in [0.1, 0.15) is 0 Å². The summed E-state index contributed by atoms with van der Waals surface area (Å²) in [7, 11) is 1.28. The maximum absolute atomic E-state index is 10.4. The third kappa shape index (κ3) is 6.72. The number of esters is 1. The summed E-state index contributed by atoms with van der Waals surface area (Å²) in [5, 5.41) is 5.48. The van der Waals surface area contributed by atoms with Gasteiger partial charge in [0.05, 0.1) is 7.11 Å². The Morgan fingerprint density at radius 3 is 2.64 bits per heavy atom. The smallest absolute Gasteiger partial charge is 0.325 e. The summed E-state index contributed by atoms with van der Waals surface area (Å²) in [5.74, 6) is 4.33. The zero-order valence-corrected chi connectivity index (χ0v) is 6.85. The number of carbonyl (C=O) groups excluding carboxylic acids is 1. The van der Waals surface area contributed by atoms with Gasteiger partial charge in [0, 0.05) is 0 Å². The van der Waals surface area contributed by atoms with Crippen LogP contribution in [0.3, 0.4) is 0 Å². The van der Waals surface area contributed by atoms with Crippen LogP contribution in [0.25, 0.3) is 0 Å². The van der Waals surface area contributed by atoms with E-state index in [2.05, 4.69) is 15.2 Å². The third-order valence-corrected chi connectivity index (χ3v) is 0.781. The molecule has 0 aliphatic carbocycles. The van der Waals surface area contributed by atoms with Crippen molar-refractivity contribution >= 4 is 24.3 Å². The Balaban J connectivity index is 0. The van der Waals surface area contributed by atoms with Crippen LogP contribution < -0.4 is 16.9 Å². The second-order valence-corrected chi connectivity index (χ2v) is 1.44. The van der Waals surface area contributed by atoms with Gasteiger partial charge >= 0.3 is 5.97 Å². The Morgan fingerprint density at radius 1 is 1.73 bits per heavy atom. The van der Waals surface area contributed by atoms with E-state index < -0.39 is 5.97 Å². The molecule has 0 bridgehead atoms. The van der Waals surface area contributed by atoms with Gasteiger partial charge in [-0.05, 0) is 0 Å². The van der Waals surface area contributed by atoms with Crippen LogP contribution in [-0.2, 0) is 9.53 Å². The molecule has 11 heavy (non-hydrogen) atoms. The van der Waals surface area contributed by atoms with E-state index >= 15 is 0 Å². The Labute approximate surface area is 70.4 Å². The van der Waals surface area contributed by atoms with Crippen molar-refractivity contribution in [3.63, 3.8) is 0 Å². The maximum atomic E-state index is 10.4. The van der Waals surface area contributed by atoms with E-state index in [9.17, 15) is 4.79 Å². The van der Waals surface area contributed by atoms with Gasteiger partial charge < -0.3 is 21.6 Å². The highest BCUT2D eigenvalue weighted by Gasteiger charge is 1.98. The quantitative estimate of drug-likeness (QED) is 0.156. The molecule has 0 saturated heterocycles. The molecule has 0 unspecified atom stereocenters. The highest BCUT2D eigenvalue weighted by Crippen LogP contribution is 1.67. The molecule has 0 spiro atoms. The average molecular weight is 183 g/mol. The van der Waals surface area contributed by atoms with Gasteiger partial charge in [0.15, 0.2) is 0 Å². The van der Waals surface area contributed by atoms with E-state index in [1.54, 1.807) is 0 Å². The molecule has 6 nitrogen and oxygen atoms in total. The number of hydrazone groups is 1. The standard InChI is InChI=1S/C4H10N4O2.ClH/c1-10-3(9)2-7-4(5)8-6;/h2,6H2,1H3,(H3,5,7,8);1H. The van der Waals surface area contributed by atoms with Crippen LogP contribution >= 0.6 is 12.4 Å². The number of hydrogen-bond acceptors (Lipinski definition) is 4. The predicted octanol–water partition coefficient (Wildman–Crippen LogP) is -1.64. The number of ether oxygens (including phenoxy) is 1. The van der Waals surface area contributed by atoms with Crippen LogP contribution in [0.5, 0.6) is 0 Å². The lowest BCUT2D eigenvalue weighted by Gasteiger charge is -2.00. The molecule has 0 fully saturated rings. The van der Waals surface area contributed by atoms with E-state index in [1.165, 1.54) is 7.11 Å². The van der Waals surface area contributed by atoms with Crippen molar-refractivity contribution in [3.05, 3.63) is 0 Å². The van der Waals surface area contributed by atoms with Gasteiger partial charge in [0.2, 0.25) is 5.96 Å². The fourth-order valence-electron chi connectivity index (χ4n) is 0.281. The SMILES string of the molecule is COC(=O)CNC(N)=NN.Cl. The molecular weight excluding hydrogens is 172 g/mol. The van der Waals surface area contributed by atoms with Crippen molar-refractivity contribution in [2.45, 2.75) is 0 Å². The largest absolute Gasteiger partial charge is 0.468 e. The van der Waals surface area contributed by atoms with Crippen molar-refractivity contribution < 1.29 is 9.53 Å². The number of rotatable bonds is 2. The number of methoxy groups -OCH3 is 1. The molecule has 0 amide bonds. The zero-order chi connectivity index (χ0) is 7.98. The Morgan fingerprint density at radius 2 is 2.27 bits per heavy atom. The number of carbonyl (C=O) groups is 1. The number of nitrogens with two attached hydrogens (primary N) is 2. The van der Waals surface area contributed by atoms with Crippen LogP contribution in [0, 0.1) is 0 Å². The lowest BCUT2D eigenvalue weighted by molar-refractivity contribution is -0.139. The molecule has 0 aliphatic rings. The highest BCUT2D eigenvalue weighted by atomic mass is 35.5. The number of nitrogens with zero attached hydrogens (tertiary/aromatic N) is 1. The fraction of sp³-hybridized carbons (Fsp3) is 0.500. The first-order valence-electron chi connectivity index (χ1n) is 2.54. The van der Waals surface area contributed by atoms with Crippen LogP contribution in [0.15, 0.2) is 5.10 Å². The number of guanidine groups is 1. The van der Waals surface area contributed by atoms with Gasteiger partial charge in [-0.1, -0.05) is 0 Å². The summed E-state index contributed by atoms with van der Waals surface area (Å²) in [5.41, 5.74) is 5.08. The summed E-state index contributed by atoms with van der Waals surface area (Å²) in [6.45, 7) is -0.0248. The Bertz CT molecular complexity index is 149. The number of hydrogen-bond donors (Lipinski definition) is 3. The minimum atomic E-state index is -0.424. The van der Waals surface area contributed by atoms with Gasteiger partial charge in [0.25, 0.3) is 0 Å². The Kier molecular flexibility index (Phi) is 7.89. The van der Waals surface area contributed by atoms with Crippen molar-refractivity contribution in [2.75, 3.05) is 13.7 Å². The third-order valence-electron chi connectivity index (χ3n) is 0.781. The van der Waals surface area contributed by atoms with E-state index in [1.807, 2.05) is 0 Å². The van der Waals surface area contributed by atoms with Crippen molar-refractivity contribution in [3.8, 4) is 0 Å². The minimum Gasteiger partial charge on any atom is -0.468 e. The van der Waals surface area contributed by atoms with Crippen LogP contribution in [-0.4, -0.2) is 25.6 Å². The molecule has 5 N–H and O–H groups in total. The number of halogens is 1. The van der Waals surface area contributed by atoms with E-state index in [-0.39, 0.29) is 24.9 Å². The monoisotopic (exact) mass is 182 g/mol.